The number of pyridine rings is 1. The zero-order chi connectivity index (χ0) is 23.2. The molecule has 170 valence electrons. The van der Waals surface area contributed by atoms with Gasteiger partial charge in [-0.1, -0.05) is 24.3 Å². The summed E-state index contributed by atoms with van der Waals surface area (Å²) in [5.41, 5.74) is 3.66. The number of aromatic amines is 1. The molecule has 8 heteroatoms. The number of fused-ring (bicyclic) bond motifs is 1. The molecular weight excluding hydrogens is 420 g/mol. The lowest BCUT2D eigenvalue weighted by Gasteiger charge is -2.19. The van der Waals surface area contributed by atoms with Gasteiger partial charge in [-0.2, -0.15) is 0 Å². The number of ether oxygens (including phenoxy) is 3. The van der Waals surface area contributed by atoms with Gasteiger partial charge in [0.2, 0.25) is 5.75 Å². The Morgan fingerprint density at radius 2 is 1.79 bits per heavy atom. The molecule has 0 radical (unpaired) electrons. The number of amides is 2. The fraction of sp³-hybridized carbons (Fsp3) is 0.200. The molecule has 0 aliphatic rings. The molecule has 2 amide bonds. The number of urea groups is 1. The average molecular weight is 447 g/mol. The van der Waals surface area contributed by atoms with Gasteiger partial charge in [-0.25, -0.2) is 4.79 Å². The van der Waals surface area contributed by atoms with Gasteiger partial charge in [0.15, 0.2) is 11.5 Å². The van der Waals surface area contributed by atoms with Crippen LogP contribution in [0.1, 0.15) is 17.0 Å². The maximum Gasteiger partial charge on any atom is 0.319 e. The Hall–Kier alpha value is -4.20. The lowest BCUT2D eigenvalue weighted by atomic mass is 9.92. The van der Waals surface area contributed by atoms with E-state index in [1.54, 1.807) is 18.3 Å². The van der Waals surface area contributed by atoms with Gasteiger partial charge < -0.3 is 29.8 Å². The number of anilines is 1. The van der Waals surface area contributed by atoms with Crippen LogP contribution in [0.5, 0.6) is 17.2 Å². The zero-order valence-corrected chi connectivity index (χ0v) is 18.7. The third-order valence-corrected chi connectivity index (χ3v) is 5.47. The molecule has 8 nitrogen and oxygen atoms in total. The Bertz CT molecular complexity index is 1210. The lowest BCUT2D eigenvalue weighted by molar-refractivity contribution is 0.252. The standard InChI is InChI=1S/C25H26N4O4/c1-31-22-11-17(12-23(32-2)24(22)33-3)29-25(30)28-14-19(16-7-6-10-26-13-16)20-15-27-21-9-5-4-8-18(20)21/h4-13,15,19,27H,14H2,1-3H3,(H2,28,29,30)/t19-/m0/s1. The van der Waals surface area contributed by atoms with Crippen molar-refractivity contribution in [3.05, 3.63) is 78.2 Å². The van der Waals surface area contributed by atoms with Crippen LogP contribution in [0.15, 0.2) is 67.1 Å². The van der Waals surface area contributed by atoms with Crippen LogP contribution in [0.3, 0.4) is 0 Å². The second-order valence-corrected chi connectivity index (χ2v) is 7.38. The second-order valence-electron chi connectivity index (χ2n) is 7.38. The fourth-order valence-corrected chi connectivity index (χ4v) is 3.90. The van der Waals surface area contributed by atoms with E-state index in [0.717, 1.165) is 22.0 Å². The van der Waals surface area contributed by atoms with Gasteiger partial charge in [-0.15, -0.1) is 0 Å². The third-order valence-electron chi connectivity index (χ3n) is 5.47. The summed E-state index contributed by atoms with van der Waals surface area (Å²) in [6, 6.07) is 15.0. The average Bonchev–Trinajstić information content (AvgIpc) is 3.28. The summed E-state index contributed by atoms with van der Waals surface area (Å²) in [6.07, 6.45) is 5.55. The highest BCUT2D eigenvalue weighted by molar-refractivity contribution is 5.90. The SMILES string of the molecule is COc1cc(NC(=O)NC[C@@H](c2cccnc2)c2c[nH]c3ccccc23)cc(OC)c1OC. The predicted molar refractivity (Wildman–Crippen MR) is 127 cm³/mol. The molecule has 4 aromatic rings. The quantitative estimate of drug-likeness (QED) is 0.369. The molecule has 1 atom stereocenters. The molecule has 33 heavy (non-hydrogen) atoms. The number of hydrogen-bond acceptors (Lipinski definition) is 5. The molecule has 2 aromatic heterocycles. The van der Waals surface area contributed by atoms with Crippen molar-refractivity contribution in [3.63, 3.8) is 0 Å². The minimum absolute atomic E-state index is 0.0828. The largest absolute Gasteiger partial charge is 0.493 e. The number of para-hydroxylation sites is 1. The van der Waals surface area contributed by atoms with E-state index in [9.17, 15) is 4.79 Å². The first-order valence-corrected chi connectivity index (χ1v) is 10.5. The van der Waals surface area contributed by atoms with E-state index >= 15 is 0 Å². The summed E-state index contributed by atoms with van der Waals surface area (Å²) in [5, 5.41) is 6.93. The summed E-state index contributed by atoms with van der Waals surface area (Å²) in [5.74, 6) is 1.29. The van der Waals surface area contributed by atoms with Crippen molar-refractivity contribution in [2.24, 2.45) is 0 Å². The molecule has 0 bridgehead atoms. The first kappa shape index (κ1) is 22.0. The number of H-pyrrole nitrogens is 1. The molecule has 0 saturated heterocycles. The summed E-state index contributed by atoms with van der Waals surface area (Å²) in [4.78, 5) is 20.4. The van der Waals surface area contributed by atoms with Crippen LogP contribution in [0.25, 0.3) is 10.9 Å². The van der Waals surface area contributed by atoms with Crippen molar-refractivity contribution < 1.29 is 19.0 Å². The van der Waals surface area contributed by atoms with Crippen LogP contribution in [0.4, 0.5) is 10.5 Å². The van der Waals surface area contributed by atoms with Crippen LogP contribution >= 0.6 is 0 Å². The number of nitrogens with one attached hydrogen (secondary N) is 3. The van der Waals surface area contributed by atoms with Crippen LogP contribution < -0.4 is 24.8 Å². The fourth-order valence-electron chi connectivity index (χ4n) is 3.90. The molecule has 0 fully saturated rings. The van der Waals surface area contributed by atoms with E-state index in [0.29, 0.717) is 29.5 Å². The number of carbonyl (C=O) groups is 1. The Balaban J connectivity index is 1.55. The predicted octanol–water partition coefficient (Wildman–Crippen LogP) is 4.54. The van der Waals surface area contributed by atoms with Gasteiger partial charge in [0.05, 0.1) is 27.0 Å². The summed E-state index contributed by atoms with van der Waals surface area (Å²) in [6.45, 7) is 0.379. The van der Waals surface area contributed by atoms with Crippen molar-refractivity contribution in [2.75, 3.05) is 33.2 Å². The molecule has 2 aromatic carbocycles. The van der Waals surface area contributed by atoms with Gasteiger partial charge >= 0.3 is 6.03 Å². The van der Waals surface area contributed by atoms with Crippen molar-refractivity contribution in [2.45, 2.75) is 5.92 Å². The van der Waals surface area contributed by atoms with E-state index in [-0.39, 0.29) is 11.9 Å². The highest BCUT2D eigenvalue weighted by Crippen LogP contribution is 2.40. The summed E-state index contributed by atoms with van der Waals surface area (Å²) >= 11 is 0. The van der Waals surface area contributed by atoms with Gasteiger partial charge in [-0.05, 0) is 23.3 Å². The van der Waals surface area contributed by atoms with Crippen LogP contribution in [-0.4, -0.2) is 43.9 Å². The zero-order valence-electron chi connectivity index (χ0n) is 18.7. The van der Waals surface area contributed by atoms with Gasteiger partial charge in [0, 0.05) is 54.1 Å². The van der Waals surface area contributed by atoms with Gasteiger partial charge in [-0.3, -0.25) is 4.98 Å². The number of benzene rings is 2. The third kappa shape index (κ3) is 4.69. The van der Waals surface area contributed by atoms with E-state index < -0.39 is 0 Å². The highest BCUT2D eigenvalue weighted by atomic mass is 16.5. The van der Waals surface area contributed by atoms with E-state index in [1.807, 2.05) is 42.7 Å². The van der Waals surface area contributed by atoms with Gasteiger partial charge in [0.25, 0.3) is 0 Å². The molecule has 0 unspecified atom stereocenters. The molecule has 2 heterocycles. The van der Waals surface area contributed by atoms with Gasteiger partial charge in [0.1, 0.15) is 0 Å². The molecular formula is C25H26N4O4. The first-order chi connectivity index (χ1) is 16.1. The van der Waals surface area contributed by atoms with Crippen LogP contribution in [0.2, 0.25) is 0 Å². The maximum atomic E-state index is 12.8. The van der Waals surface area contributed by atoms with Crippen LogP contribution in [-0.2, 0) is 0 Å². The van der Waals surface area contributed by atoms with Crippen molar-refractivity contribution in [3.8, 4) is 17.2 Å². The Morgan fingerprint density at radius 1 is 1.03 bits per heavy atom. The number of aromatic nitrogens is 2. The molecule has 4 rings (SSSR count). The number of methoxy groups -OCH3 is 3. The monoisotopic (exact) mass is 446 g/mol. The maximum absolute atomic E-state index is 12.8. The molecule has 0 aliphatic carbocycles. The lowest BCUT2D eigenvalue weighted by Crippen LogP contribution is -2.32. The van der Waals surface area contributed by atoms with Crippen LogP contribution in [0, 0.1) is 0 Å². The molecule has 0 saturated carbocycles. The Kier molecular flexibility index (Phi) is 6.64. The number of rotatable bonds is 8. The van der Waals surface area contributed by atoms with E-state index in [1.165, 1.54) is 21.3 Å². The highest BCUT2D eigenvalue weighted by Gasteiger charge is 2.20. The number of hydrogen-bond donors (Lipinski definition) is 3. The topological polar surface area (TPSA) is 97.5 Å². The Morgan fingerprint density at radius 3 is 2.45 bits per heavy atom. The van der Waals surface area contributed by atoms with Crippen molar-refractivity contribution in [1.82, 2.24) is 15.3 Å². The second kappa shape index (κ2) is 9.95. The number of nitrogens with zero attached hydrogens (tertiary/aromatic N) is 1. The molecule has 0 aliphatic heterocycles. The molecule has 0 spiro atoms. The van der Waals surface area contributed by atoms with Crippen molar-refractivity contribution >= 4 is 22.6 Å². The normalized spacial score (nSPS) is 11.6. The summed E-state index contributed by atoms with van der Waals surface area (Å²) < 4.78 is 16.1. The number of carbonyl (C=O) groups excluding carboxylic acids is 1. The summed E-state index contributed by atoms with van der Waals surface area (Å²) in [7, 11) is 4.59. The minimum Gasteiger partial charge on any atom is -0.493 e. The first-order valence-electron chi connectivity index (χ1n) is 10.5. The molecule has 3 N–H and O–H groups in total. The smallest absolute Gasteiger partial charge is 0.319 e. The van der Waals surface area contributed by atoms with E-state index in [4.69, 9.17) is 14.2 Å². The minimum atomic E-state index is -0.349. The van der Waals surface area contributed by atoms with E-state index in [2.05, 4.69) is 26.7 Å². The van der Waals surface area contributed by atoms with Crippen molar-refractivity contribution in [1.29, 1.82) is 0 Å². The Labute approximate surface area is 191 Å².